The molecule has 3 aromatic rings. The van der Waals surface area contributed by atoms with Crippen LogP contribution >= 0.6 is 0 Å². The average Bonchev–Trinajstić information content (AvgIpc) is 3.27. The van der Waals surface area contributed by atoms with Crippen molar-refractivity contribution < 1.29 is 4.79 Å². The monoisotopic (exact) mass is 365 g/mol. The van der Waals surface area contributed by atoms with Gasteiger partial charge in [0.1, 0.15) is 0 Å². The van der Waals surface area contributed by atoms with Crippen molar-refractivity contribution in [3.63, 3.8) is 0 Å². The molecule has 1 fully saturated rings. The van der Waals surface area contributed by atoms with Crippen molar-refractivity contribution in [2.75, 3.05) is 13.1 Å². The molecule has 4 rings (SSSR count). The first kappa shape index (κ1) is 17.8. The third kappa shape index (κ3) is 3.75. The number of aromatic amines is 1. The largest absolute Gasteiger partial charge is 0.342 e. The highest BCUT2D eigenvalue weighted by Gasteiger charge is 2.22. The summed E-state index contributed by atoms with van der Waals surface area (Å²) in [5, 5.41) is 6.88. The lowest BCUT2D eigenvalue weighted by Gasteiger charge is -2.22. The summed E-state index contributed by atoms with van der Waals surface area (Å²) >= 11 is 0. The number of benzene rings is 1. The molecule has 6 nitrogen and oxygen atoms in total. The van der Waals surface area contributed by atoms with Crippen LogP contribution < -0.4 is 0 Å². The Morgan fingerprint density at radius 2 is 2.15 bits per heavy atom. The number of hydrogen-bond acceptors (Lipinski definition) is 3. The van der Waals surface area contributed by atoms with Crippen LogP contribution in [0.2, 0.25) is 0 Å². The summed E-state index contributed by atoms with van der Waals surface area (Å²) in [5.41, 5.74) is 4.38. The van der Waals surface area contributed by atoms with Gasteiger partial charge in [0.25, 0.3) is 0 Å². The Morgan fingerprint density at radius 1 is 1.26 bits per heavy atom. The highest BCUT2D eigenvalue weighted by molar-refractivity contribution is 5.81. The summed E-state index contributed by atoms with van der Waals surface area (Å²) in [4.78, 5) is 18.9. The summed E-state index contributed by atoms with van der Waals surface area (Å²) in [6, 6.07) is 6.39. The molecule has 1 amide bonds. The number of aromatic nitrogens is 4. The van der Waals surface area contributed by atoms with Gasteiger partial charge >= 0.3 is 0 Å². The van der Waals surface area contributed by atoms with Crippen LogP contribution in [0.1, 0.15) is 33.1 Å². The zero-order chi connectivity index (χ0) is 18.8. The molecule has 1 aliphatic rings. The van der Waals surface area contributed by atoms with Gasteiger partial charge in [-0.2, -0.15) is 5.10 Å². The molecule has 1 N–H and O–H groups in total. The molecule has 142 valence electrons. The first-order valence-corrected chi connectivity index (χ1v) is 9.84. The van der Waals surface area contributed by atoms with E-state index >= 15 is 0 Å². The van der Waals surface area contributed by atoms with Crippen molar-refractivity contribution in [3.05, 3.63) is 36.9 Å². The van der Waals surface area contributed by atoms with E-state index in [1.807, 2.05) is 37.5 Å². The quantitative estimate of drug-likeness (QED) is 0.766. The molecule has 1 aromatic carbocycles. The van der Waals surface area contributed by atoms with Crippen molar-refractivity contribution in [1.29, 1.82) is 0 Å². The lowest BCUT2D eigenvalue weighted by Crippen LogP contribution is -2.35. The van der Waals surface area contributed by atoms with Crippen LogP contribution in [-0.2, 0) is 11.3 Å². The van der Waals surface area contributed by atoms with Crippen molar-refractivity contribution in [1.82, 2.24) is 24.6 Å². The minimum absolute atomic E-state index is 0.0866. The van der Waals surface area contributed by atoms with Crippen molar-refractivity contribution in [3.8, 4) is 11.1 Å². The number of likely N-dealkylation sites (tertiary alicyclic amines) is 1. The van der Waals surface area contributed by atoms with Crippen molar-refractivity contribution in [2.24, 2.45) is 11.8 Å². The maximum atomic E-state index is 12.3. The lowest BCUT2D eigenvalue weighted by molar-refractivity contribution is -0.134. The highest BCUT2D eigenvalue weighted by atomic mass is 16.2. The predicted octanol–water partition coefficient (Wildman–Crippen LogP) is 3.71. The van der Waals surface area contributed by atoms with Crippen LogP contribution in [0.15, 0.2) is 36.9 Å². The van der Waals surface area contributed by atoms with Crippen LogP contribution in [0.4, 0.5) is 0 Å². The second-order valence-corrected chi connectivity index (χ2v) is 7.86. The van der Waals surface area contributed by atoms with Gasteiger partial charge in [-0.25, -0.2) is 4.98 Å². The minimum Gasteiger partial charge on any atom is -0.342 e. The summed E-state index contributed by atoms with van der Waals surface area (Å²) < 4.78 is 2.26. The SMILES string of the molecule is CC(C)C(=O)N1CCCC(Cn2cnc3cc(-c4cn[nH]c4)ccc32)CC1. The van der Waals surface area contributed by atoms with Crippen LogP contribution in [0.5, 0.6) is 0 Å². The van der Waals surface area contributed by atoms with Gasteiger partial charge in [-0.15, -0.1) is 0 Å². The number of carbonyl (C=O) groups excluding carboxylic acids is 1. The second-order valence-electron chi connectivity index (χ2n) is 7.86. The van der Waals surface area contributed by atoms with Gasteiger partial charge in [-0.3, -0.25) is 9.89 Å². The van der Waals surface area contributed by atoms with Gasteiger partial charge < -0.3 is 9.47 Å². The Morgan fingerprint density at radius 3 is 2.93 bits per heavy atom. The number of fused-ring (bicyclic) bond motifs is 1. The van der Waals surface area contributed by atoms with Gasteiger partial charge in [-0.05, 0) is 42.9 Å². The third-order valence-corrected chi connectivity index (χ3v) is 5.56. The number of nitrogens with one attached hydrogen (secondary N) is 1. The number of hydrogen-bond donors (Lipinski definition) is 1. The van der Waals surface area contributed by atoms with Crippen LogP contribution in [0.3, 0.4) is 0 Å². The maximum Gasteiger partial charge on any atom is 0.225 e. The normalized spacial score (nSPS) is 18.2. The van der Waals surface area contributed by atoms with Gasteiger partial charge in [0.15, 0.2) is 0 Å². The molecule has 3 heterocycles. The fourth-order valence-electron chi connectivity index (χ4n) is 4.01. The highest BCUT2D eigenvalue weighted by Crippen LogP contribution is 2.26. The van der Waals surface area contributed by atoms with Gasteiger partial charge in [0.05, 0.1) is 23.6 Å². The van der Waals surface area contributed by atoms with Crippen molar-refractivity contribution in [2.45, 2.75) is 39.7 Å². The number of H-pyrrole nitrogens is 1. The number of amides is 1. The number of rotatable bonds is 4. The minimum atomic E-state index is 0.0866. The van der Waals surface area contributed by atoms with Gasteiger partial charge in [0.2, 0.25) is 5.91 Å². The molecule has 0 spiro atoms. The molecule has 1 atom stereocenters. The maximum absolute atomic E-state index is 12.3. The Bertz CT molecular complexity index is 912. The van der Waals surface area contributed by atoms with E-state index in [0.29, 0.717) is 5.92 Å². The summed E-state index contributed by atoms with van der Waals surface area (Å²) in [7, 11) is 0. The molecule has 0 radical (unpaired) electrons. The Labute approximate surface area is 159 Å². The average molecular weight is 365 g/mol. The summed E-state index contributed by atoms with van der Waals surface area (Å²) in [5.74, 6) is 0.958. The molecule has 0 saturated carbocycles. The zero-order valence-corrected chi connectivity index (χ0v) is 16.1. The summed E-state index contributed by atoms with van der Waals surface area (Å²) in [6.07, 6.45) is 8.98. The van der Waals surface area contributed by atoms with E-state index in [1.165, 1.54) is 5.52 Å². The molecular formula is C21H27N5O. The Hall–Kier alpha value is -2.63. The zero-order valence-electron chi connectivity index (χ0n) is 16.1. The van der Waals surface area contributed by atoms with Crippen LogP contribution in [-0.4, -0.2) is 43.6 Å². The topological polar surface area (TPSA) is 66.8 Å². The Balaban J connectivity index is 1.46. The fraction of sp³-hybridized carbons (Fsp3) is 0.476. The summed E-state index contributed by atoms with van der Waals surface area (Å²) in [6.45, 7) is 6.71. The van der Waals surface area contributed by atoms with Gasteiger partial charge in [-0.1, -0.05) is 19.9 Å². The molecule has 6 heteroatoms. The predicted molar refractivity (Wildman–Crippen MR) is 106 cm³/mol. The lowest BCUT2D eigenvalue weighted by atomic mass is 10.0. The molecule has 0 bridgehead atoms. The second kappa shape index (κ2) is 7.55. The van der Waals surface area contributed by atoms with E-state index < -0.39 is 0 Å². The molecule has 27 heavy (non-hydrogen) atoms. The van der Waals surface area contributed by atoms with E-state index in [4.69, 9.17) is 0 Å². The van der Waals surface area contributed by atoms with Crippen LogP contribution in [0, 0.1) is 11.8 Å². The van der Waals surface area contributed by atoms with E-state index in [-0.39, 0.29) is 11.8 Å². The molecule has 1 unspecified atom stereocenters. The number of carbonyl (C=O) groups is 1. The molecule has 1 saturated heterocycles. The van der Waals surface area contributed by atoms with E-state index in [1.54, 1.807) is 0 Å². The van der Waals surface area contributed by atoms with Gasteiger partial charge in [0, 0.05) is 37.3 Å². The fourth-order valence-corrected chi connectivity index (χ4v) is 4.01. The Kier molecular flexibility index (Phi) is 4.97. The van der Waals surface area contributed by atoms with Crippen LogP contribution in [0.25, 0.3) is 22.2 Å². The van der Waals surface area contributed by atoms with Crippen molar-refractivity contribution >= 4 is 16.9 Å². The number of nitrogens with zero attached hydrogens (tertiary/aromatic N) is 4. The molecule has 2 aromatic heterocycles. The number of imidazole rings is 1. The first-order valence-electron chi connectivity index (χ1n) is 9.84. The van der Waals surface area contributed by atoms with E-state index in [2.05, 4.69) is 37.9 Å². The van der Waals surface area contributed by atoms with E-state index in [9.17, 15) is 4.79 Å². The van der Waals surface area contributed by atoms with E-state index in [0.717, 1.165) is 55.5 Å². The molecule has 0 aliphatic carbocycles. The standard InChI is InChI=1S/C21H27N5O/c1-15(2)21(27)25-8-3-4-16(7-9-25)13-26-14-22-19-10-17(5-6-20(19)26)18-11-23-24-12-18/h5-6,10-12,14-16H,3-4,7-9,13H2,1-2H3,(H,23,24). The molecule has 1 aliphatic heterocycles. The molecular weight excluding hydrogens is 338 g/mol. The smallest absolute Gasteiger partial charge is 0.225 e. The third-order valence-electron chi connectivity index (χ3n) is 5.56. The first-order chi connectivity index (χ1) is 13.1.